The third-order valence-corrected chi connectivity index (χ3v) is 7.18. The van der Waals surface area contributed by atoms with Gasteiger partial charge in [0.25, 0.3) is 5.91 Å². The van der Waals surface area contributed by atoms with Crippen LogP contribution in [0.4, 0.5) is 0 Å². The maximum Gasteiger partial charge on any atom is 0.253 e. The molecule has 1 saturated heterocycles. The molecule has 0 spiro atoms. The number of rotatable bonds is 7. The molecule has 7 heteroatoms. The van der Waals surface area contributed by atoms with E-state index in [0.717, 1.165) is 37.0 Å². The van der Waals surface area contributed by atoms with Crippen LogP contribution < -0.4 is 4.74 Å². The maximum absolute atomic E-state index is 13.1. The lowest BCUT2D eigenvalue weighted by atomic mass is 10.1. The van der Waals surface area contributed by atoms with Crippen LogP contribution in [-0.2, 0) is 16.6 Å². The molecule has 1 aliphatic heterocycles. The zero-order chi connectivity index (χ0) is 21.6. The standard InChI is InChI=1S/C23H30N2O4S/c1-3-29-21-13-11-19(12-14-21)18-24(2)23(26)20-9-8-10-22(17-20)30(27,28)25-15-6-4-5-7-16-25/h8-14,17H,3-7,15-16,18H2,1-2H3. The molecule has 1 aliphatic rings. The smallest absolute Gasteiger partial charge is 0.253 e. The highest BCUT2D eigenvalue weighted by molar-refractivity contribution is 7.89. The van der Waals surface area contributed by atoms with Crippen molar-refractivity contribution in [1.82, 2.24) is 9.21 Å². The first-order valence-electron chi connectivity index (χ1n) is 10.5. The summed E-state index contributed by atoms with van der Waals surface area (Å²) in [5.41, 5.74) is 1.35. The first-order valence-corrected chi connectivity index (χ1v) is 11.9. The molecule has 6 nitrogen and oxygen atoms in total. The molecule has 162 valence electrons. The topological polar surface area (TPSA) is 66.9 Å². The van der Waals surface area contributed by atoms with Crippen LogP contribution in [-0.4, -0.2) is 50.3 Å². The molecule has 30 heavy (non-hydrogen) atoms. The highest BCUT2D eigenvalue weighted by Gasteiger charge is 2.26. The molecule has 1 heterocycles. The van der Waals surface area contributed by atoms with Gasteiger partial charge in [-0.25, -0.2) is 8.42 Å². The fourth-order valence-corrected chi connectivity index (χ4v) is 5.21. The van der Waals surface area contributed by atoms with E-state index in [4.69, 9.17) is 4.74 Å². The van der Waals surface area contributed by atoms with Gasteiger partial charge in [0.15, 0.2) is 0 Å². The molecule has 0 atom stereocenters. The largest absolute Gasteiger partial charge is 0.494 e. The minimum Gasteiger partial charge on any atom is -0.494 e. The summed E-state index contributed by atoms with van der Waals surface area (Å²) in [5, 5.41) is 0. The zero-order valence-electron chi connectivity index (χ0n) is 17.7. The Bertz CT molecular complexity index is 949. The third kappa shape index (κ3) is 5.40. The van der Waals surface area contributed by atoms with Crippen molar-refractivity contribution in [3.05, 3.63) is 59.7 Å². The molecule has 3 rings (SSSR count). The third-order valence-electron chi connectivity index (χ3n) is 5.28. The summed E-state index contributed by atoms with van der Waals surface area (Å²) in [5.74, 6) is 0.582. The summed E-state index contributed by atoms with van der Waals surface area (Å²) in [6.07, 6.45) is 3.87. The van der Waals surface area contributed by atoms with Gasteiger partial charge in [-0.15, -0.1) is 0 Å². The lowest BCUT2D eigenvalue weighted by molar-refractivity contribution is 0.0785. The number of carbonyl (C=O) groups excluding carboxylic acids is 1. The van der Waals surface area contributed by atoms with E-state index < -0.39 is 10.0 Å². The number of nitrogens with zero attached hydrogens (tertiary/aromatic N) is 2. The maximum atomic E-state index is 13.1. The van der Waals surface area contributed by atoms with Crippen molar-refractivity contribution in [2.24, 2.45) is 0 Å². The summed E-state index contributed by atoms with van der Waals surface area (Å²) in [6.45, 7) is 4.04. The second-order valence-corrected chi connectivity index (χ2v) is 9.52. The molecular weight excluding hydrogens is 400 g/mol. The Morgan fingerprint density at radius 2 is 1.70 bits per heavy atom. The van der Waals surface area contributed by atoms with Crippen LogP contribution in [0.5, 0.6) is 5.75 Å². The fourth-order valence-electron chi connectivity index (χ4n) is 3.64. The second-order valence-electron chi connectivity index (χ2n) is 7.58. The highest BCUT2D eigenvalue weighted by atomic mass is 32.2. The van der Waals surface area contributed by atoms with Crippen LogP contribution in [0, 0.1) is 0 Å². The van der Waals surface area contributed by atoms with Gasteiger partial charge in [-0.05, 0) is 55.7 Å². The average molecular weight is 431 g/mol. The fraction of sp³-hybridized carbons (Fsp3) is 0.435. The molecule has 2 aromatic rings. The van der Waals surface area contributed by atoms with Crippen molar-refractivity contribution in [2.45, 2.75) is 44.0 Å². The molecule has 1 fully saturated rings. The van der Waals surface area contributed by atoms with E-state index in [9.17, 15) is 13.2 Å². The lowest BCUT2D eigenvalue weighted by Gasteiger charge is -2.21. The number of hydrogen-bond donors (Lipinski definition) is 0. The average Bonchev–Trinajstić information content (AvgIpc) is 3.05. The van der Waals surface area contributed by atoms with E-state index in [0.29, 0.717) is 31.8 Å². The number of carbonyl (C=O) groups is 1. The first kappa shape index (κ1) is 22.3. The summed E-state index contributed by atoms with van der Waals surface area (Å²) in [7, 11) is -1.87. The quantitative estimate of drug-likeness (QED) is 0.668. The van der Waals surface area contributed by atoms with Crippen molar-refractivity contribution in [1.29, 1.82) is 0 Å². The van der Waals surface area contributed by atoms with Crippen LogP contribution in [0.15, 0.2) is 53.4 Å². The van der Waals surface area contributed by atoms with Crippen molar-refractivity contribution in [3.8, 4) is 5.75 Å². The Kier molecular flexibility index (Phi) is 7.50. The highest BCUT2D eigenvalue weighted by Crippen LogP contribution is 2.22. The molecule has 0 bridgehead atoms. The minimum absolute atomic E-state index is 0.185. The van der Waals surface area contributed by atoms with E-state index >= 15 is 0 Å². The van der Waals surface area contributed by atoms with Gasteiger partial charge in [-0.3, -0.25) is 4.79 Å². The van der Waals surface area contributed by atoms with Crippen LogP contribution in [0.1, 0.15) is 48.5 Å². The van der Waals surface area contributed by atoms with E-state index in [-0.39, 0.29) is 10.8 Å². The molecule has 1 amide bonds. The SMILES string of the molecule is CCOc1ccc(CN(C)C(=O)c2cccc(S(=O)(=O)N3CCCCCC3)c2)cc1. The molecule has 2 aromatic carbocycles. The lowest BCUT2D eigenvalue weighted by Crippen LogP contribution is -2.32. The van der Waals surface area contributed by atoms with Crippen LogP contribution in [0.25, 0.3) is 0 Å². The predicted octanol–water partition coefficient (Wildman–Crippen LogP) is 3.92. The predicted molar refractivity (Wildman–Crippen MR) is 117 cm³/mol. The number of hydrogen-bond acceptors (Lipinski definition) is 4. The number of benzene rings is 2. The minimum atomic E-state index is -3.59. The summed E-state index contributed by atoms with van der Waals surface area (Å²) < 4.78 is 33.1. The Hall–Kier alpha value is -2.38. The first-order chi connectivity index (χ1) is 14.4. The van der Waals surface area contributed by atoms with E-state index in [1.165, 1.54) is 6.07 Å². The molecule has 0 unspecified atom stereocenters. The van der Waals surface area contributed by atoms with Crippen LogP contribution in [0.3, 0.4) is 0 Å². The van der Waals surface area contributed by atoms with Crippen molar-refractivity contribution < 1.29 is 17.9 Å². The van der Waals surface area contributed by atoms with E-state index in [2.05, 4.69) is 0 Å². The molecule has 0 aromatic heterocycles. The Morgan fingerprint density at radius 1 is 1.03 bits per heavy atom. The number of amides is 1. The van der Waals surface area contributed by atoms with E-state index in [1.807, 2.05) is 31.2 Å². The van der Waals surface area contributed by atoms with Gasteiger partial charge in [0.05, 0.1) is 11.5 Å². The van der Waals surface area contributed by atoms with Crippen molar-refractivity contribution >= 4 is 15.9 Å². The monoisotopic (exact) mass is 430 g/mol. The van der Waals surface area contributed by atoms with Gasteiger partial charge in [0.1, 0.15) is 5.75 Å². The summed E-state index contributed by atoms with van der Waals surface area (Å²) in [4.78, 5) is 14.7. The van der Waals surface area contributed by atoms with Gasteiger partial charge >= 0.3 is 0 Å². The van der Waals surface area contributed by atoms with Gasteiger partial charge < -0.3 is 9.64 Å². The number of sulfonamides is 1. The van der Waals surface area contributed by atoms with Crippen molar-refractivity contribution in [2.75, 3.05) is 26.7 Å². The molecule has 0 radical (unpaired) electrons. The summed E-state index contributed by atoms with van der Waals surface area (Å²) >= 11 is 0. The molecule has 0 saturated carbocycles. The molecule has 0 aliphatic carbocycles. The zero-order valence-corrected chi connectivity index (χ0v) is 18.5. The molecule has 0 N–H and O–H groups in total. The number of ether oxygens (including phenoxy) is 1. The van der Waals surface area contributed by atoms with Gasteiger partial charge in [0.2, 0.25) is 10.0 Å². The van der Waals surface area contributed by atoms with Crippen LogP contribution in [0.2, 0.25) is 0 Å². The Morgan fingerprint density at radius 3 is 2.33 bits per heavy atom. The van der Waals surface area contributed by atoms with Crippen molar-refractivity contribution in [3.63, 3.8) is 0 Å². The normalized spacial score (nSPS) is 15.4. The Balaban J connectivity index is 1.73. The van der Waals surface area contributed by atoms with Gasteiger partial charge in [-0.2, -0.15) is 4.31 Å². The molecular formula is C23H30N2O4S. The van der Waals surface area contributed by atoms with Gasteiger partial charge in [-0.1, -0.05) is 31.0 Å². The Labute approximate surface area is 179 Å². The van der Waals surface area contributed by atoms with Gasteiger partial charge in [0, 0.05) is 32.2 Å². The van der Waals surface area contributed by atoms with Crippen LogP contribution >= 0.6 is 0 Å². The van der Waals surface area contributed by atoms with E-state index in [1.54, 1.807) is 34.5 Å². The summed E-state index contributed by atoms with van der Waals surface area (Å²) in [6, 6.07) is 14.0. The second kappa shape index (κ2) is 10.1.